The molecule has 0 atom stereocenters. The summed E-state index contributed by atoms with van der Waals surface area (Å²) < 4.78 is 21.5. The maximum Gasteiger partial charge on any atom is 0.114 e. The number of furan rings is 4. The van der Waals surface area contributed by atoms with E-state index in [1.807, 2.05) is 69.3 Å². The number of rotatable bonds is 5. The Morgan fingerprint density at radius 3 is 1.43 bits per heavy atom. The number of aryl methyl sites for hydroxylation is 5. The lowest BCUT2D eigenvalue weighted by molar-refractivity contribution is 0.403. The van der Waals surface area contributed by atoms with Gasteiger partial charge in [0.05, 0.1) is 12.2 Å². The molecule has 0 saturated heterocycles. The molecule has 0 spiro atoms. The van der Waals surface area contributed by atoms with E-state index in [0.29, 0.717) is 0 Å². The normalized spacial score (nSPS) is 10.4. The number of hydrogen-bond donors (Lipinski definition) is 0. The Balaban J connectivity index is 0.000000179. The highest BCUT2D eigenvalue weighted by Gasteiger charge is 2.18. The van der Waals surface area contributed by atoms with Crippen molar-refractivity contribution in [1.82, 2.24) is 0 Å². The van der Waals surface area contributed by atoms with Crippen LogP contribution in [0.2, 0.25) is 0 Å². The lowest BCUT2D eigenvalue weighted by Crippen LogP contribution is -1.95. The van der Waals surface area contributed by atoms with E-state index in [1.54, 1.807) is 6.26 Å². The molecule has 0 aromatic carbocycles. The van der Waals surface area contributed by atoms with E-state index >= 15 is 0 Å². The average molecular weight is 411 g/mol. The SMILES string of the molecule is CCC(c1ccc(C)o1)c1ccc(C)o1.CCc1ccc(C)o1.CCc1ccco1. The zero-order valence-electron chi connectivity index (χ0n) is 19.0. The van der Waals surface area contributed by atoms with Crippen LogP contribution in [0.1, 0.15) is 73.4 Å². The zero-order valence-corrected chi connectivity index (χ0v) is 19.0. The van der Waals surface area contributed by atoms with Gasteiger partial charge in [-0.2, -0.15) is 0 Å². The van der Waals surface area contributed by atoms with Crippen molar-refractivity contribution in [3.63, 3.8) is 0 Å². The Labute approximate surface area is 179 Å². The van der Waals surface area contributed by atoms with Crippen molar-refractivity contribution in [2.45, 2.75) is 66.7 Å². The second-order valence-electron chi connectivity index (χ2n) is 7.16. The van der Waals surface area contributed by atoms with Gasteiger partial charge in [0.1, 0.15) is 40.3 Å². The van der Waals surface area contributed by atoms with E-state index in [-0.39, 0.29) is 5.92 Å². The van der Waals surface area contributed by atoms with E-state index in [2.05, 4.69) is 20.8 Å². The lowest BCUT2D eigenvalue weighted by atomic mass is 10.0. The molecule has 0 fully saturated rings. The van der Waals surface area contributed by atoms with E-state index in [4.69, 9.17) is 17.7 Å². The monoisotopic (exact) mass is 410 g/mol. The van der Waals surface area contributed by atoms with E-state index in [1.165, 1.54) is 0 Å². The smallest absolute Gasteiger partial charge is 0.114 e. The maximum absolute atomic E-state index is 5.64. The fourth-order valence-electron chi connectivity index (χ4n) is 3.01. The molecule has 0 aliphatic carbocycles. The summed E-state index contributed by atoms with van der Waals surface area (Å²) in [6, 6.07) is 15.9. The molecular formula is C26H34O4. The van der Waals surface area contributed by atoms with Gasteiger partial charge in [0, 0.05) is 12.8 Å². The topological polar surface area (TPSA) is 52.6 Å². The lowest BCUT2D eigenvalue weighted by Gasteiger charge is -2.08. The van der Waals surface area contributed by atoms with Gasteiger partial charge < -0.3 is 17.7 Å². The highest BCUT2D eigenvalue weighted by atomic mass is 16.4. The van der Waals surface area contributed by atoms with Gasteiger partial charge in [-0.25, -0.2) is 0 Å². The van der Waals surface area contributed by atoms with Gasteiger partial charge in [-0.3, -0.25) is 0 Å². The van der Waals surface area contributed by atoms with Crippen LogP contribution in [0.4, 0.5) is 0 Å². The van der Waals surface area contributed by atoms with Crippen molar-refractivity contribution in [1.29, 1.82) is 0 Å². The summed E-state index contributed by atoms with van der Waals surface area (Å²) in [5.41, 5.74) is 0. The van der Waals surface area contributed by atoms with Crippen LogP contribution < -0.4 is 0 Å². The quantitative estimate of drug-likeness (QED) is 0.334. The summed E-state index contributed by atoms with van der Waals surface area (Å²) in [5, 5.41) is 0. The Morgan fingerprint density at radius 1 is 0.633 bits per heavy atom. The van der Waals surface area contributed by atoms with Gasteiger partial charge in [0.25, 0.3) is 0 Å². The molecule has 4 aromatic heterocycles. The van der Waals surface area contributed by atoms with Crippen LogP contribution in [0, 0.1) is 20.8 Å². The van der Waals surface area contributed by atoms with Crippen molar-refractivity contribution in [3.05, 3.63) is 95.1 Å². The van der Waals surface area contributed by atoms with Crippen molar-refractivity contribution >= 4 is 0 Å². The molecule has 4 nitrogen and oxygen atoms in total. The Bertz CT molecular complexity index is 913. The van der Waals surface area contributed by atoms with Crippen molar-refractivity contribution < 1.29 is 17.7 Å². The van der Waals surface area contributed by atoms with Gasteiger partial charge in [-0.15, -0.1) is 0 Å². The van der Waals surface area contributed by atoms with Gasteiger partial charge in [-0.05, 0) is 75.7 Å². The fraction of sp³-hybridized carbons (Fsp3) is 0.385. The van der Waals surface area contributed by atoms with Gasteiger partial charge in [0.2, 0.25) is 0 Å². The molecule has 30 heavy (non-hydrogen) atoms. The summed E-state index contributed by atoms with van der Waals surface area (Å²) in [4.78, 5) is 0. The first-order chi connectivity index (χ1) is 14.5. The minimum atomic E-state index is 0.243. The molecule has 0 saturated carbocycles. The van der Waals surface area contributed by atoms with Crippen LogP contribution in [0.5, 0.6) is 0 Å². The summed E-state index contributed by atoms with van der Waals surface area (Å²) in [6.07, 6.45) is 4.67. The third-order valence-electron chi connectivity index (χ3n) is 4.69. The van der Waals surface area contributed by atoms with Gasteiger partial charge >= 0.3 is 0 Å². The minimum absolute atomic E-state index is 0.243. The molecule has 4 aromatic rings. The molecule has 4 heterocycles. The molecule has 4 rings (SSSR count). The predicted molar refractivity (Wildman–Crippen MR) is 120 cm³/mol. The van der Waals surface area contributed by atoms with Crippen molar-refractivity contribution in [3.8, 4) is 0 Å². The van der Waals surface area contributed by atoms with E-state index in [9.17, 15) is 0 Å². The fourth-order valence-corrected chi connectivity index (χ4v) is 3.01. The maximum atomic E-state index is 5.64. The van der Waals surface area contributed by atoms with Gasteiger partial charge in [-0.1, -0.05) is 20.8 Å². The van der Waals surface area contributed by atoms with Crippen LogP contribution >= 0.6 is 0 Å². The molecule has 0 aliphatic heterocycles. The Hall–Kier alpha value is -2.88. The van der Waals surface area contributed by atoms with Crippen LogP contribution in [-0.2, 0) is 12.8 Å². The van der Waals surface area contributed by atoms with Crippen molar-refractivity contribution in [2.24, 2.45) is 0 Å². The highest BCUT2D eigenvalue weighted by molar-refractivity contribution is 5.21. The third kappa shape index (κ3) is 7.18. The van der Waals surface area contributed by atoms with Crippen molar-refractivity contribution in [2.75, 3.05) is 0 Å². The predicted octanol–water partition coefficient (Wildman–Crippen LogP) is 8.02. The standard InChI is InChI=1S/C13H16O2.C7H10O.C6H8O/c1-4-11(12-7-5-9(2)14-12)13-8-6-10(3)15-13;1-3-7-5-4-6(2)8-7;1-2-6-4-3-5-7-6/h5-8,11H,4H2,1-3H3;4-5H,3H2,1-2H3;3-5H,2H2,1H3. The Kier molecular flexibility index (Phi) is 9.33. The first-order valence-electron chi connectivity index (χ1n) is 10.7. The molecule has 0 aliphatic rings. The molecule has 0 amide bonds. The number of hydrogen-bond acceptors (Lipinski definition) is 4. The van der Waals surface area contributed by atoms with Crippen LogP contribution in [0.3, 0.4) is 0 Å². The Morgan fingerprint density at radius 2 is 1.17 bits per heavy atom. The molecule has 0 N–H and O–H groups in total. The summed E-state index contributed by atoms with van der Waals surface area (Å²) in [7, 11) is 0. The van der Waals surface area contributed by atoms with Crippen LogP contribution in [-0.4, -0.2) is 0 Å². The third-order valence-corrected chi connectivity index (χ3v) is 4.69. The van der Waals surface area contributed by atoms with Crippen LogP contribution in [0.25, 0.3) is 0 Å². The molecule has 0 radical (unpaired) electrons. The molecule has 0 bridgehead atoms. The average Bonchev–Trinajstić information content (AvgIpc) is 3.53. The van der Waals surface area contributed by atoms with E-state index in [0.717, 1.165) is 59.6 Å². The first kappa shape index (κ1) is 23.4. The van der Waals surface area contributed by atoms with Crippen LogP contribution in [0.15, 0.2) is 72.5 Å². The van der Waals surface area contributed by atoms with E-state index < -0.39 is 0 Å². The second-order valence-corrected chi connectivity index (χ2v) is 7.16. The first-order valence-corrected chi connectivity index (χ1v) is 10.7. The van der Waals surface area contributed by atoms with Gasteiger partial charge in [0.15, 0.2) is 0 Å². The second kappa shape index (κ2) is 12.0. The summed E-state index contributed by atoms with van der Waals surface area (Å²) >= 11 is 0. The molecule has 0 unspecified atom stereocenters. The summed E-state index contributed by atoms with van der Waals surface area (Å²) in [6.45, 7) is 12.2. The molecule has 162 valence electrons. The zero-order chi connectivity index (χ0) is 21.9. The largest absolute Gasteiger partial charge is 0.469 e. The summed E-state index contributed by atoms with van der Waals surface area (Å²) in [5.74, 6) is 7.25. The molecule has 4 heteroatoms. The highest BCUT2D eigenvalue weighted by Crippen LogP contribution is 2.30. The molecular weight excluding hydrogens is 376 g/mol. The minimum Gasteiger partial charge on any atom is -0.469 e.